The van der Waals surface area contributed by atoms with Crippen molar-refractivity contribution in [3.05, 3.63) is 88.8 Å². The van der Waals surface area contributed by atoms with E-state index in [-0.39, 0.29) is 11.1 Å². The Morgan fingerprint density at radius 3 is 2.59 bits per heavy atom. The van der Waals surface area contributed by atoms with Gasteiger partial charge in [0.1, 0.15) is 11.6 Å². The first-order valence-electron chi connectivity index (χ1n) is 8.88. The number of carbonyl (C=O) groups excluding carboxylic acids is 2. The lowest BCUT2D eigenvalue weighted by molar-refractivity contribution is -0.255. The van der Waals surface area contributed by atoms with Crippen LogP contribution in [0.25, 0.3) is 11.8 Å². The van der Waals surface area contributed by atoms with Crippen LogP contribution < -0.4 is 10.4 Å². The number of benzene rings is 2. The first kappa shape index (κ1) is 19.6. The molecule has 144 valence electrons. The molecule has 2 aromatic carbocycles. The molecular weight excluding hydrogens is 366 g/mol. The van der Waals surface area contributed by atoms with E-state index in [0.29, 0.717) is 17.1 Å². The predicted molar refractivity (Wildman–Crippen MR) is 108 cm³/mol. The SMILES string of the molecule is Cc1ccc(NC(=O)/C(C#N)=C/c2cccn2-c2cccc(C(=O)[O-])c2)c(C)c1. The van der Waals surface area contributed by atoms with Crippen LogP contribution in [0, 0.1) is 25.2 Å². The molecule has 6 nitrogen and oxygen atoms in total. The van der Waals surface area contributed by atoms with Gasteiger partial charge >= 0.3 is 0 Å². The van der Waals surface area contributed by atoms with E-state index in [1.54, 1.807) is 41.1 Å². The summed E-state index contributed by atoms with van der Waals surface area (Å²) < 4.78 is 1.69. The fourth-order valence-corrected chi connectivity index (χ4v) is 2.97. The third kappa shape index (κ3) is 4.42. The number of hydrogen-bond donors (Lipinski definition) is 1. The van der Waals surface area contributed by atoms with Crippen LogP contribution in [0.3, 0.4) is 0 Å². The van der Waals surface area contributed by atoms with E-state index in [2.05, 4.69) is 5.32 Å². The highest BCUT2D eigenvalue weighted by atomic mass is 16.4. The van der Waals surface area contributed by atoms with Crippen molar-refractivity contribution in [1.82, 2.24) is 4.57 Å². The molecule has 0 saturated carbocycles. The molecule has 29 heavy (non-hydrogen) atoms. The second kappa shape index (κ2) is 8.28. The number of carbonyl (C=O) groups is 2. The highest BCUT2D eigenvalue weighted by Crippen LogP contribution is 2.19. The van der Waals surface area contributed by atoms with Crippen LogP contribution >= 0.6 is 0 Å². The van der Waals surface area contributed by atoms with E-state index in [0.717, 1.165) is 11.1 Å². The average Bonchev–Trinajstić information content (AvgIpc) is 3.16. The molecule has 0 fully saturated rings. The van der Waals surface area contributed by atoms with Gasteiger partial charge < -0.3 is 19.8 Å². The second-order valence-electron chi connectivity index (χ2n) is 6.58. The van der Waals surface area contributed by atoms with Crippen molar-refractivity contribution in [3.63, 3.8) is 0 Å². The minimum Gasteiger partial charge on any atom is -0.545 e. The number of hydrogen-bond acceptors (Lipinski definition) is 4. The van der Waals surface area contributed by atoms with Gasteiger partial charge in [-0.05, 0) is 61.4 Å². The van der Waals surface area contributed by atoms with Crippen LogP contribution in [0.5, 0.6) is 0 Å². The average molecular weight is 384 g/mol. The molecule has 0 unspecified atom stereocenters. The van der Waals surface area contributed by atoms with Crippen molar-refractivity contribution in [1.29, 1.82) is 5.26 Å². The van der Waals surface area contributed by atoms with Crippen molar-refractivity contribution in [2.24, 2.45) is 0 Å². The number of aromatic nitrogens is 1. The number of carboxylic acid groups (broad SMARTS) is 1. The van der Waals surface area contributed by atoms with E-state index in [4.69, 9.17) is 0 Å². The van der Waals surface area contributed by atoms with Crippen molar-refractivity contribution in [2.45, 2.75) is 13.8 Å². The Morgan fingerprint density at radius 2 is 1.90 bits per heavy atom. The summed E-state index contributed by atoms with van der Waals surface area (Å²) in [5.41, 5.74) is 3.73. The van der Waals surface area contributed by atoms with Crippen LogP contribution in [0.1, 0.15) is 27.2 Å². The molecule has 1 amide bonds. The van der Waals surface area contributed by atoms with E-state index in [9.17, 15) is 20.0 Å². The topological polar surface area (TPSA) is 98.0 Å². The smallest absolute Gasteiger partial charge is 0.266 e. The second-order valence-corrected chi connectivity index (χ2v) is 6.58. The van der Waals surface area contributed by atoms with Crippen LogP contribution in [0.2, 0.25) is 0 Å². The van der Waals surface area contributed by atoms with Gasteiger partial charge in [-0.2, -0.15) is 5.26 Å². The first-order valence-corrected chi connectivity index (χ1v) is 8.88. The zero-order valence-electron chi connectivity index (χ0n) is 16.0. The Balaban J connectivity index is 1.92. The quantitative estimate of drug-likeness (QED) is 0.540. The highest BCUT2D eigenvalue weighted by molar-refractivity contribution is 6.09. The molecule has 1 aromatic heterocycles. The normalized spacial score (nSPS) is 11.0. The number of aryl methyl sites for hydroxylation is 2. The van der Waals surface area contributed by atoms with E-state index < -0.39 is 11.9 Å². The Kier molecular flexibility index (Phi) is 5.61. The summed E-state index contributed by atoms with van der Waals surface area (Å²) in [6.07, 6.45) is 3.18. The summed E-state index contributed by atoms with van der Waals surface area (Å²) in [6, 6.07) is 17.3. The largest absolute Gasteiger partial charge is 0.545 e. The Labute approximate surface area is 168 Å². The molecule has 0 spiro atoms. The molecule has 0 aliphatic rings. The van der Waals surface area contributed by atoms with Gasteiger partial charge in [-0.3, -0.25) is 4.79 Å². The monoisotopic (exact) mass is 384 g/mol. The Bertz CT molecular complexity index is 1170. The molecule has 3 rings (SSSR count). The van der Waals surface area contributed by atoms with E-state index in [1.165, 1.54) is 18.2 Å². The third-order valence-electron chi connectivity index (χ3n) is 4.43. The lowest BCUT2D eigenvalue weighted by Gasteiger charge is -2.11. The van der Waals surface area contributed by atoms with Gasteiger partial charge in [-0.25, -0.2) is 0 Å². The summed E-state index contributed by atoms with van der Waals surface area (Å²) in [4.78, 5) is 23.7. The molecule has 1 heterocycles. The molecule has 3 aromatic rings. The van der Waals surface area contributed by atoms with Gasteiger partial charge in [-0.1, -0.05) is 29.8 Å². The van der Waals surface area contributed by atoms with Crippen molar-refractivity contribution < 1.29 is 14.7 Å². The molecule has 0 atom stereocenters. The summed E-state index contributed by atoms with van der Waals surface area (Å²) >= 11 is 0. The number of carboxylic acids is 1. The summed E-state index contributed by atoms with van der Waals surface area (Å²) in [5.74, 6) is -1.79. The maximum Gasteiger partial charge on any atom is 0.266 e. The minimum absolute atomic E-state index is 0.0409. The Hall–Kier alpha value is -4.11. The number of anilines is 1. The molecule has 0 aliphatic heterocycles. The number of amides is 1. The molecular formula is C23H18N3O3-. The van der Waals surface area contributed by atoms with Crippen LogP contribution in [-0.4, -0.2) is 16.4 Å². The molecule has 0 aliphatic carbocycles. The zero-order chi connectivity index (χ0) is 21.0. The van der Waals surface area contributed by atoms with Crippen molar-refractivity contribution >= 4 is 23.6 Å². The summed E-state index contributed by atoms with van der Waals surface area (Å²) in [7, 11) is 0. The summed E-state index contributed by atoms with van der Waals surface area (Å²) in [5, 5.41) is 23.4. The maximum absolute atomic E-state index is 12.6. The third-order valence-corrected chi connectivity index (χ3v) is 4.43. The number of nitrogens with one attached hydrogen (secondary N) is 1. The van der Waals surface area contributed by atoms with Gasteiger partial charge in [0, 0.05) is 23.3 Å². The molecule has 1 N–H and O–H groups in total. The van der Waals surface area contributed by atoms with Crippen LogP contribution in [0.4, 0.5) is 5.69 Å². The standard InChI is InChI=1S/C23H19N3O3/c1-15-8-9-21(16(2)11-15)25-22(27)18(14-24)13-20-7-4-10-26(20)19-6-3-5-17(12-19)23(28)29/h3-13H,1-2H3,(H,25,27)(H,28,29)/p-1/b18-13+. The maximum atomic E-state index is 12.6. The van der Waals surface area contributed by atoms with Gasteiger partial charge in [0.15, 0.2) is 0 Å². The lowest BCUT2D eigenvalue weighted by Crippen LogP contribution is -2.22. The van der Waals surface area contributed by atoms with Crippen LogP contribution in [0.15, 0.2) is 66.4 Å². The fourth-order valence-electron chi connectivity index (χ4n) is 2.97. The highest BCUT2D eigenvalue weighted by Gasteiger charge is 2.12. The van der Waals surface area contributed by atoms with Gasteiger partial charge in [-0.15, -0.1) is 0 Å². The zero-order valence-corrected chi connectivity index (χ0v) is 16.0. The minimum atomic E-state index is -1.28. The number of nitriles is 1. The molecule has 6 heteroatoms. The molecule has 0 radical (unpaired) electrons. The molecule has 0 saturated heterocycles. The summed E-state index contributed by atoms with van der Waals surface area (Å²) in [6.45, 7) is 3.84. The Morgan fingerprint density at radius 1 is 1.10 bits per heavy atom. The van der Waals surface area contributed by atoms with E-state index in [1.807, 2.05) is 32.0 Å². The lowest BCUT2D eigenvalue weighted by atomic mass is 10.1. The van der Waals surface area contributed by atoms with Gasteiger partial charge in [0.25, 0.3) is 5.91 Å². The predicted octanol–water partition coefficient (Wildman–Crippen LogP) is 3.00. The molecule has 0 bridgehead atoms. The number of rotatable bonds is 5. The van der Waals surface area contributed by atoms with Gasteiger partial charge in [0.05, 0.1) is 5.97 Å². The van der Waals surface area contributed by atoms with Crippen molar-refractivity contribution in [3.8, 4) is 11.8 Å². The first-order chi connectivity index (χ1) is 13.9. The van der Waals surface area contributed by atoms with Crippen LogP contribution in [-0.2, 0) is 4.79 Å². The fraction of sp³-hybridized carbons (Fsp3) is 0.0870. The number of aromatic carboxylic acids is 1. The van der Waals surface area contributed by atoms with Crippen molar-refractivity contribution in [2.75, 3.05) is 5.32 Å². The van der Waals surface area contributed by atoms with E-state index >= 15 is 0 Å². The number of nitrogens with zero attached hydrogens (tertiary/aromatic N) is 2. The van der Waals surface area contributed by atoms with Gasteiger partial charge in [0.2, 0.25) is 0 Å².